The van der Waals surface area contributed by atoms with Crippen LogP contribution in [0.1, 0.15) is 63.9 Å². The third-order valence-electron chi connectivity index (χ3n) is 6.12. The standard InChI is InChI=1S/C23H31FO/c1-3-5-13-25-23-12-11-21(16-22(23)24)20-10-9-18-14-17(6-4-2)7-8-19(18)15-20/h3-6,11-12,16-20H,7-10,13-15H2,1-2H3/t17-,18-,19-,20?/m1/s1. The number of benzene rings is 1. The molecule has 3 rings (SSSR count). The molecule has 0 heterocycles. The van der Waals surface area contributed by atoms with Crippen molar-refractivity contribution in [3.63, 3.8) is 0 Å². The summed E-state index contributed by atoms with van der Waals surface area (Å²) in [6.07, 6.45) is 16.1. The van der Waals surface area contributed by atoms with Gasteiger partial charge >= 0.3 is 0 Å². The normalized spacial score (nSPS) is 29.9. The van der Waals surface area contributed by atoms with Gasteiger partial charge in [-0.05, 0) is 93.7 Å². The Morgan fingerprint density at radius 1 is 1.04 bits per heavy atom. The number of hydrogen-bond acceptors (Lipinski definition) is 1. The molecular formula is C23H31FO. The molecule has 1 unspecified atom stereocenters. The summed E-state index contributed by atoms with van der Waals surface area (Å²) in [5.74, 6) is 3.14. The average Bonchev–Trinajstić information content (AvgIpc) is 2.63. The molecule has 0 amide bonds. The summed E-state index contributed by atoms with van der Waals surface area (Å²) < 4.78 is 19.8. The summed E-state index contributed by atoms with van der Waals surface area (Å²) in [6, 6.07) is 5.59. The quantitative estimate of drug-likeness (QED) is 0.544. The van der Waals surface area contributed by atoms with Crippen molar-refractivity contribution in [2.45, 2.75) is 58.3 Å². The number of allylic oxidation sites excluding steroid dienone is 3. The van der Waals surface area contributed by atoms with Crippen molar-refractivity contribution in [1.29, 1.82) is 0 Å². The highest BCUT2D eigenvalue weighted by Crippen LogP contribution is 2.48. The molecule has 1 aromatic rings. The summed E-state index contributed by atoms with van der Waals surface area (Å²) in [5.41, 5.74) is 1.16. The van der Waals surface area contributed by atoms with Crippen molar-refractivity contribution in [1.82, 2.24) is 0 Å². The molecule has 0 saturated heterocycles. The number of hydrogen-bond donors (Lipinski definition) is 0. The van der Waals surface area contributed by atoms with Crippen LogP contribution in [0, 0.1) is 23.6 Å². The van der Waals surface area contributed by atoms with E-state index in [1.165, 1.54) is 38.5 Å². The second kappa shape index (κ2) is 8.69. The van der Waals surface area contributed by atoms with Crippen LogP contribution in [0.5, 0.6) is 5.75 Å². The van der Waals surface area contributed by atoms with Gasteiger partial charge in [-0.3, -0.25) is 0 Å². The van der Waals surface area contributed by atoms with E-state index in [0.29, 0.717) is 18.3 Å². The Kier molecular flexibility index (Phi) is 6.34. The molecule has 2 aliphatic carbocycles. The zero-order chi connectivity index (χ0) is 17.6. The SMILES string of the molecule is CC=CCOc1ccc(C2CC[C@@H]3C[C@H](C=CC)CC[C@@H]3C2)cc1F. The van der Waals surface area contributed by atoms with Gasteiger partial charge in [0.25, 0.3) is 0 Å². The molecule has 0 aromatic heterocycles. The molecule has 1 nitrogen and oxygen atoms in total. The van der Waals surface area contributed by atoms with Gasteiger partial charge in [0.05, 0.1) is 0 Å². The van der Waals surface area contributed by atoms with Crippen molar-refractivity contribution in [2.75, 3.05) is 6.61 Å². The van der Waals surface area contributed by atoms with Crippen LogP contribution < -0.4 is 4.74 Å². The summed E-state index contributed by atoms with van der Waals surface area (Å²) in [5, 5.41) is 0. The zero-order valence-corrected chi connectivity index (χ0v) is 15.6. The lowest BCUT2D eigenvalue weighted by atomic mass is 9.64. The van der Waals surface area contributed by atoms with E-state index in [0.717, 1.165) is 23.3 Å². The van der Waals surface area contributed by atoms with Crippen molar-refractivity contribution in [2.24, 2.45) is 17.8 Å². The second-order valence-corrected chi connectivity index (χ2v) is 7.70. The lowest BCUT2D eigenvalue weighted by Gasteiger charge is -2.41. The monoisotopic (exact) mass is 342 g/mol. The van der Waals surface area contributed by atoms with Gasteiger partial charge in [0.15, 0.2) is 11.6 Å². The molecule has 4 atom stereocenters. The van der Waals surface area contributed by atoms with Gasteiger partial charge in [-0.25, -0.2) is 4.39 Å². The first-order chi connectivity index (χ1) is 12.2. The number of ether oxygens (including phenoxy) is 1. The van der Waals surface area contributed by atoms with E-state index in [2.05, 4.69) is 25.1 Å². The topological polar surface area (TPSA) is 9.23 Å². The molecule has 25 heavy (non-hydrogen) atoms. The Morgan fingerprint density at radius 3 is 2.60 bits per heavy atom. The third kappa shape index (κ3) is 4.54. The predicted molar refractivity (Wildman–Crippen MR) is 102 cm³/mol. The van der Waals surface area contributed by atoms with E-state index in [4.69, 9.17) is 4.74 Å². The van der Waals surface area contributed by atoms with E-state index < -0.39 is 0 Å². The van der Waals surface area contributed by atoms with Gasteiger partial charge in [-0.1, -0.05) is 30.4 Å². The Morgan fingerprint density at radius 2 is 1.84 bits per heavy atom. The van der Waals surface area contributed by atoms with Crippen LogP contribution in [0.15, 0.2) is 42.5 Å². The fraction of sp³-hybridized carbons (Fsp3) is 0.565. The van der Waals surface area contributed by atoms with Gasteiger partial charge in [0.1, 0.15) is 6.61 Å². The minimum atomic E-state index is -0.221. The molecule has 2 saturated carbocycles. The first-order valence-corrected chi connectivity index (χ1v) is 9.87. The van der Waals surface area contributed by atoms with E-state index >= 15 is 0 Å². The Balaban J connectivity index is 1.61. The summed E-state index contributed by atoms with van der Waals surface area (Å²) in [4.78, 5) is 0. The smallest absolute Gasteiger partial charge is 0.165 e. The third-order valence-corrected chi connectivity index (χ3v) is 6.12. The number of fused-ring (bicyclic) bond motifs is 1. The minimum Gasteiger partial charge on any atom is -0.486 e. The van der Waals surface area contributed by atoms with E-state index in [-0.39, 0.29) is 5.82 Å². The van der Waals surface area contributed by atoms with Crippen LogP contribution >= 0.6 is 0 Å². The van der Waals surface area contributed by atoms with Crippen LogP contribution in [-0.2, 0) is 0 Å². The lowest BCUT2D eigenvalue weighted by Crippen LogP contribution is -2.30. The largest absolute Gasteiger partial charge is 0.486 e. The van der Waals surface area contributed by atoms with Crippen LogP contribution in [0.4, 0.5) is 4.39 Å². The minimum absolute atomic E-state index is 0.221. The maximum absolute atomic E-state index is 14.3. The highest BCUT2D eigenvalue weighted by Gasteiger charge is 2.35. The molecule has 0 N–H and O–H groups in total. The molecule has 0 bridgehead atoms. The van der Waals surface area contributed by atoms with Gasteiger partial charge in [-0.15, -0.1) is 0 Å². The van der Waals surface area contributed by atoms with E-state index in [1.54, 1.807) is 6.07 Å². The molecule has 2 heteroatoms. The van der Waals surface area contributed by atoms with Crippen LogP contribution in [0.3, 0.4) is 0 Å². The van der Waals surface area contributed by atoms with Crippen molar-refractivity contribution >= 4 is 0 Å². The summed E-state index contributed by atoms with van der Waals surface area (Å²) in [6.45, 7) is 4.49. The Hall–Kier alpha value is -1.57. The fourth-order valence-corrected chi connectivity index (χ4v) is 4.80. The molecule has 0 spiro atoms. The van der Waals surface area contributed by atoms with Crippen LogP contribution in [0.25, 0.3) is 0 Å². The summed E-state index contributed by atoms with van der Waals surface area (Å²) >= 11 is 0. The van der Waals surface area contributed by atoms with E-state index in [1.807, 2.05) is 25.1 Å². The number of rotatable bonds is 5. The molecular weight excluding hydrogens is 311 g/mol. The molecule has 0 aliphatic heterocycles. The highest BCUT2D eigenvalue weighted by molar-refractivity contribution is 5.32. The maximum atomic E-state index is 14.3. The van der Waals surface area contributed by atoms with E-state index in [9.17, 15) is 4.39 Å². The Bertz CT molecular complexity index is 619. The van der Waals surface area contributed by atoms with Gasteiger partial charge in [0.2, 0.25) is 0 Å². The zero-order valence-electron chi connectivity index (χ0n) is 15.6. The average molecular weight is 342 g/mol. The molecule has 2 fully saturated rings. The predicted octanol–water partition coefficient (Wildman–Crippen LogP) is 6.66. The van der Waals surface area contributed by atoms with Gasteiger partial charge < -0.3 is 4.74 Å². The molecule has 2 aliphatic rings. The molecule has 0 radical (unpaired) electrons. The first kappa shape index (κ1) is 18.2. The highest BCUT2D eigenvalue weighted by atomic mass is 19.1. The molecule has 1 aromatic carbocycles. The summed E-state index contributed by atoms with van der Waals surface area (Å²) in [7, 11) is 0. The van der Waals surface area contributed by atoms with Gasteiger partial charge in [0, 0.05) is 0 Å². The first-order valence-electron chi connectivity index (χ1n) is 9.87. The maximum Gasteiger partial charge on any atom is 0.165 e. The van der Waals surface area contributed by atoms with Crippen LogP contribution in [0.2, 0.25) is 0 Å². The number of halogens is 1. The van der Waals surface area contributed by atoms with Crippen molar-refractivity contribution in [3.8, 4) is 5.75 Å². The van der Waals surface area contributed by atoms with Crippen molar-refractivity contribution < 1.29 is 9.13 Å². The Labute approximate surface area is 152 Å². The lowest BCUT2D eigenvalue weighted by molar-refractivity contribution is 0.133. The molecule has 136 valence electrons. The van der Waals surface area contributed by atoms with Crippen LogP contribution in [-0.4, -0.2) is 6.61 Å². The second-order valence-electron chi connectivity index (χ2n) is 7.70. The van der Waals surface area contributed by atoms with Crippen molar-refractivity contribution in [3.05, 3.63) is 53.9 Å². The fourth-order valence-electron chi connectivity index (χ4n) is 4.80. The van der Waals surface area contributed by atoms with Gasteiger partial charge in [-0.2, -0.15) is 0 Å².